The van der Waals surface area contributed by atoms with E-state index in [2.05, 4.69) is 10.5 Å². The lowest BCUT2D eigenvalue weighted by Crippen LogP contribution is -2.36. The van der Waals surface area contributed by atoms with Crippen LogP contribution in [0.3, 0.4) is 0 Å². The summed E-state index contributed by atoms with van der Waals surface area (Å²) >= 11 is 0. The van der Waals surface area contributed by atoms with Crippen LogP contribution in [0.5, 0.6) is 0 Å². The van der Waals surface area contributed by atoms with Crippen LogP contribution in [0.4, 0.5) is 0 Å². The number of carbonyl (C=O) groups is 2. The van der Waals surface area contributed by atoms with Crippen molar-refractivity contribution in [3.05, 3.63) is 58.6 Å². The highest BCUT2D eigenvalue weighted by Crippen LogP contribution is 2.40. The molecule has 32 heavy (non-hydrogen) atoms. The molecule has 1 aromatic carbocycles. The number of para-hydroxylation sites is 1. The number of nitrogens with one attached hydrogen (secondary N) is 1. The van der Waals surface area contributed by atoms with Gasteiger partial charge < -0.3 is 14.7 Å². The van der Waals surface area contributed by atoms with Gasteiger partial charge in [-0.1, -0.05) is 23.4 Å². The van der Waals surface area contributed by atoms with E-state index in [1.807, 2.05) is 49.1 Å². The number of benzene rings is 1. The molecule has 3 heterocycles. The van der Waals surface area contributed by atoms with E-state index in [0.717, 1.165) is 52.9 Å². The van der Waals surface area contributed by atoms with Crippen LogP contribution in [-0.4, -0.2) is 39.4 Å². The van der Waals surface area contributed by atoms with Gasteiger partial charge >= 0.3 is 0 Å². The van der Waals surface area contributed by atoms with Crippen molar-refractivity contribution in [1.82, 2.24) is 20.4 Å². The molecule has 0 spiro atoms. The number of rotatable bonds is 5. The quantitative estimate of drug-likeness (QED) is 0.658. The lowest BCUT2D eigenvalue weighted by atomic mass is 10.0. The van der Waals surface area contributed by atoms with Crippen LogP contribution in [0.15, 0.2) is 34.9 Å². The third-order valence-electron chi connectivity index (χ3n) is 6.65. The predicted molar refractivity (Wildman–Crippen MR) is 120 cm³/mol. The van der Waals surface area contributed by atoms with Gasteiger partial charge in [-0.15, -0.1) is 0 Å². The molecule has 2 fully saturated rings. The van der Waals surface area contributed by atoms with E-state index in [9.17, 15) is 9.59 Å². The molecule has 0 radical (unpaired) electrons. The van der Waals surface area contributed by atoms with Crippen molar-refractivity contribution in [2.45, 2.75) is 64.5 Å². The average molecular weight is 433 g/mol. The molecular formula is C25H28N4O3. The van der Waals surface area contributed by atoms with Crippen molar-refractivity contribution >= 4 is 22.7 Å². The zero-order chi connectivity index (χ0) is 22.2. The SMILES string of the molecule is Cc1noc(C)c1CN1CCC(NC(=O)c2cc(C3CC3)nc3ccccc23)CCC1=O. The second kappa shape index (κ2) is 8.37. The molecular weight excluding hydrogens is 404 g/mol. The van der Waals surface area contributed by atoms with Gasteiger partial charge in [0.1, 0.15) is 5.76 Å². The highest BCUT2D eigenvalue weighted by Gasteiger charge is 2.29. The molecule has 1 unspecified atom stereocenters. The summed E-state index contributed by atoms with van der Waals surface area (Å²) in [4.78, 5) is 32.6. The number of aryl methyl sites for hydroxylation is 2. The van der Waals surface area contributed by atoms with Gasteiger partial charge in [0, 0.05) is 41.6 Å². The van der Waals surface area contributed by atoms with Crippen molar-refractivity contribution in [1.29, 1.82) is 0 Å². The monoisotopic (exact) mass is 432 g/mol. The van der Waals surface area contributed by atoms with Crippen LogP contribution in [0.1, 0.15) is 71.1 Å². The summed E-state index contributed by atoms with van der Waals surface area (Å²) in [5, 5.41) is 8.07. The van der Waals surface area contributed by atoms with E-state index in [1.54, 1.807) is 0 Å². The molecule has 1 saturated heterocycles. The number of hydrogen-bond donors (Lipinski definition) is 1. The molecule has 1 aliphatic carbocycles. The maximum atomic E-state index is 13.3. The number of nitrogens with zero attached hydrogens (tertiary/aromatic N) is 3. The number of amides is 2. The standard InChI is InChI=1S/C25H28N4O3/c1-15-21(16(2)32-28-15)14-29-12-11-18(9-10-24(29)30)26-25(31)20-13-23(17-7-8-17)27-22-6-4-3-5-19(20)22/h3-6,13,17-18H,7-12,14H2,1-2H3,(H,26,31). The Kier molecular flexibility index (Phi) is 5.41. The molecule has 2 aliphatic rings. The Hall–Kier alpha value is -3.22. The first kappa shape index (κ1) is 20.7. The summed E-state index contributed by atoms with van der Waals surface area (Å²) < 4.78 is 5.24. The minimum Gasteiger partial charge on any atom is -0.361 e. The highest BCUT2D eigenvalue weighted by atomic mass is 16.5. The van der Waals surface area contributed by atoms with Crippen molar-refractivity contribution in [2.75, 3.05) is 6.54 Å². The van der Waals surface area contributed by atoms with Gasteiger partial charge in [-0.25, -0.2) is 0 Å². The Labute approximate surface area is 187 Å². The van der Waals surface area contributed by atoms with Gasteiger partial charge in [-0.2, -0.15) is 0 Å². The number of hydrogen-bond acceptors (Lipinski definition) is 5. The zero-order valence-electron chi connectivity index (χ0n) is 18.6. The predicted octanol–water partition coefficient (Wildman–Crippen LogP) is 4.03. The van der Waals surface area contributed by atoms with Gasteiger partial charge in [0.15, 0.2) is 0 Å². The van der Waals surface area contributed by atoms with Crippen LogP contribution in [0, 0.1) is 13.8 Å². The van der Waals surface area contributed by atoms with Gasteiger partial charge in [-0.3, -0.25) is 14.6 Å². The third-order valence-corrected chi connectivity index (χ3v) is 6.65. The van der Waals surface area contributed by atoms with E-state index in [-0.39, 0.29) is 17.9 Å². The van der Waals surface area contributed by atoms with Crippen molar-refractivity contribution < 1.29 is 14.1 Å². The molecule has 7 heteroatoms. The molecule has 1 aliphatic heterocycles. The third kappa shape index (κ3) is 4.11. The molecule has 2 amide bonds. The van der Waals surface area contributed by atoms with Crippen molar-refractivity contribution in [2.24, 2.45) is 0 Å². The van der Waals surface area contributed by atoms with E-state index in [4.69, 9.17) is 9.51 Å². The highest BCUT2D eigenvalue weighted by molar-refractivity contribution is 6.06. The summed E-state index contributed by atoms with van der Waals surface area (Å²) in [6, 6.07) is 9.73. The maximum absolute atomic E-state index is 13.3. The van der Waals surface area contributed by atoms with Gasteiger partial charge in [0.2, 0.25) is 5.91 Å². The summed E-state index contributed by atoms with van der Waals surface area (Å²) in [5.74, 6) is 1.24. The van der Waals surface area contributed by atoms with Crippen molar-refractivity contribution in [3.63, 3.8) is 0 Å². The van der Waals surface area contributed by atoms with Gasteiger partial charge in [0.25, 0.3) is 5.91 Å². The summed E-state index contributed by atoms with van der Waals surface area (Å²) in [6.07, 6.45) is 4.05. The molecule has 2 aromatic heterocycles. The van der Waals surface area contributed by atoms with E-state index in [1.165, 1.54) is 0 Å². The van der Waals surface area contributed by atoms with Crippen LogP contribution >= 0.6 is 0 Å². The zero-order valence-corrected chi connectivity index (χ0v) is 18.6. The van der Waals surface area contributed by atoms with E-state index >= 15 is 0 Å². The number of likely N-dealkylation sites (tertiary alicyclic amines) is 1. The Bertz CT molecular complexity index is 1160. The molecule has 166 valence electrons. The molecule has 7 nitrogen and oxygen atoms in total. The normalized spacial score (nSPS) is 19.2. The number of aromatic nitrogens is 2. The van der Waals surface area contributed by atoms with Gasteiger partial charge in [0.05, 0.1) is 23.3 Å². The largest absolute Gasteiger partial charge is 0.361 e. The average Bonchev–Trinajstić information content (AvgIpc) is 3.61. The second-order valence-electron chi connectivity index (χ2n) is 9.00. The van der Waals surface area contributed by atoms with E-state index in [0.29, 0.717) is 37.4 Å². The summed E-state index contributed by atoms with van der Waals surface area (Å²) in [7, 11) is 0. The summed E-state index contributed by atoms with van der Waals surface area (Å²) in [6.45, 7) is 4.86. The smallest absolute Gasteiger partial charge is 0.252 e. The Morgan fingerprint density at radius 2 is 2.00 bits per heavy atom. The summed E-state index contributed by atoms with van der Waals surface area (Å²) in [5.41, 5.74) is 4.34. The number of pyridine rings is 1. The fraction of sp³-hybridized carbons (Fsp3) is 0.440. The molecule has 0 bridgehead atoms. The van der Waals surface area contributed by atoms with Crippen LogP contribution in [-0.2, 0) is 11.3 Å². The maximum Gasteiger partial charge on any atom is 0.252 e. The van der Waals surface area contributed by atoms with Crippen LogP contribution in [0.2, 0.25) is 0 Å². The second-order valence-corrected chi connectivity index (χ2v) is 9.00. The number of carbonyl (C=O) groups excluding carboxylic acids is 2. The topological polar surface area (TPSA) is 88.3 Å². The fourth-order valence-corrected chi connectivity index (χ4v) is 4.50. The van der Waals surface area contributed by atoms with Crippen molar-refractivity contribution in [3.8, 4) is 0 Å². The first-order valence-electron chi connectivity index (χ1n) is 11.4. The van der Waals surface area contributed by atoms with Gasteiger partial charge in [-0.05, 0) is 51.7 Å². The lowest BCUT2D eigenvalue weighted by molar-refractivity contribution is -0.131. The first-order valence-corrected chi connectivity index (χ1v) is 11.4. The van der Waals surface area contributed by atoms with Crippen LogP contribution < -0.4 is 5.32 Å². The number of fused-ring (bicyclic) bond motifs is 1. The minimum absolute atomic E-state index is 0.0441. The Balaban J connectivity index is 1.31. The lowest BCUT2D eigenvalue weighted by Gasteiger charge is -2.21. The molecule has 1 saturated carbocycles. The Morgan fingerprint density at radius 3 is 2.75 bits per heavy atom. The fourth-order valence-electron chi connectivity index (χ4n) is 4.50. The Morgan fingerprint density at radius 1 is 1.19 bits per heavy atom. The van der Waals surface area contributed by atoms with E-state index < -0.39 is 0 Å². The molecule has 3 aromatic rings. The van der Waals surface area contributed by atoms with Crippen LogP contribution in [0.25, 0.3) is 10.9 Å². The first-order chi connectivity index (χ1) is 15.5. The molecule has 5 rings (SSSR count). The molecule has 1 N–H and O–H groups in total. The minimum atomic E-state index is -0.0814. The molecule has 1 atom stereocenters.